The Hall–Kier alpha value is -11.0. The van der Waals surface area contributed by atoms with Gasteiger partial charge in [0.2, 0.25) is 0 Å². The number of halogens is 2. The maximum absolute atomic E-state index is 18.3. The Kier molecular flexibility index (Phi) is 11.2. The molecule has 0 saturated heterocycles. The van der Waals surface area contributed by atoms with Crippen molar-refractivity contribution in [1.82, 2.24) is 0 Å². The summed E-state index contributed by atoms with van der Waals surface area (Å²) in [5.41, 5.74) is 13.5. The summed E-state index contributed by atoms with van der Waals surface area (Å²) in [4.78, 5) is 3.98. The molecule has 392 valence electrons. The lowest BCUT2D eigenvalue weighted by atomic mass is 9.94. The smallest absolute Gasteiger partial charge is 0.159 e. The molecule has 3 heterocycles. The normalized spacial score (nSPS) is 11.7. The molecule has 5 nitrogen and oxygen atoms in total. The van der Waals surface area contributed by atoms with Crippen molar-refractivity contribution in [3.05, 3.63) is 291 Å². The zero-order valence-electron chi connectivity index (χ0n) is 44.4. The van der Waals surface area contributed by atoms with E-state index in [9.17, 15) is 0 Å². The van der Waals surface area contributed by atoms with Crippen molar-refractivity contribution in [1.29, 1.82) is 0 Å². The molecule has 0 unspecified atom stereocenters. The SMILES string of the molecule is Fc1cc(-c2ccccc2)cc(-c2ccccc2)c1N(c1ccc2c(c1)oc1cc(N(c3c(F)cc(-c4ccccc4)cc3-c3ccccc3)c3cccc4c3oc3ccccc34)c3ccccc3c12)c1cccc2c1oc1ccccc12. The van der Waals surface area contributed by atoms with Gasteiger partial charge in [-0.1, -0.05) is 206 Å². The molecule has 0 fully saturated rings. The Labute approximate surface area is 475 Å². The third-order valence-corrected chi connectivity index (χ3v) is 16.1. The molecule has 7 heteroatoms. The summed E-state index contributed by atoms with van der Waals surface area (Å²) >= 11 is 0. The second-order valence-corrected chi connectivity index (χ2v) is 20.9. The Balaban J connectivity index is 0.964. The van der Waals surface area contributed by atoms with Crippen molar-refractivity contribution in [2.24, 2.45) is 0 Å². The molecule has 0 aliphatic rings. The predicted octanol–water partition coefficient (Wildman–Crippen LogP) is 22.4. The van der Waals surface area contributed by atoms with Gasteiger partial charge in [-0.05, 0) is 99.4 Å². The summed E-state index contributed by atoms with van der Waals surface area (Å²) in [7, 11) is 0. The van der Waals surface area contributed by atoms with E-state index < -0.39 is 11.6 Å². The minimum Gasteiger partial charge on any atom is -0.456 e. The highest BCUT2D eigenvalue weighted by Gasteiger charge is 2.31. The number of hydrogen-bond donors (Lipinski definition) is 0. The summed E-state index contributed by atoms with van der Waals surface area (Å²) in [5, 5.41) is 7.20. The molecule has 0 spiro atoms. The van der Waals surface area contributed by atoms with Gasteiger partial charge in [-0.3, -0.25) is 0 Å². The van der Waals surface area contributed by atoms with E-state index in [0.717, 1.165) is 87.6 Å². The average Bonchev–Trinajstić information content (AvgIpc) is 2.43. The second kappa shape index (κ2) is 19.4. The molecule has 16 rings (SSSR count). The minimum atomic E-state index is -0.421. The molecule has 0 aliphatic carbocycles. The van der Waals surface area contributed by atoms with Crippen LogP contribution in [0.4, 0.5) is 42.9 Å². The number of benzene rings is 13. The monoisotopic (exact) mass is 1070 g/mol. The molecule has 0 atom stereocenters. The fraction of sp³-hybridized carbons (Fsp3) is 0. The first kappa shape index (κ1) is 47.9. The van der Waals surface area contributed by atoms with Gasteiger partial charge in [-0.2, -0.15) is 0 Å². The first-order valence-corrected chi connectivity index (χ1v) is 27.7. The summed E-state index contributed by atoms with van der Waals surface area (Å²) < 4.78 is 57.2. The van der Waals surface area contributed by atoms with Crippen LogP contribution in [0.1, 0.15) is 0 Å². The quantitative estimate of drug-likeness (QED) is 0.137. The fourth-order valence-corrected chi connectivity index (χ4v) is 12.4. The van der Waals surface area contributed by atoms with Crippen molar-refractivity contribution in [2.75, 3.05) is 9.80 Å². The topological polar surface area (TPSA) is 45.9 Å². The first-order chi connectivity index (χ1) is 41.0. The van der Waals surface area contributed by atoms with Crippen molar-refractivity contribution in [3.63, 3.8) is 0 Å². The molecule has 0 amide bonds. The number of hydrogen-bond acceptors (Lipinski definition) is 5. The molecular formula is C76H46F2N2O3. The number of furan rings is 3. The Bertz CT molecular complexity index is 5190. The van der Waals surface area contributed by atoms with Crippen molar-refractivity contribution >= 4 is 111 Å². The van der Waals surface area contributed by atoms with Crippen LogP contribution in [-0.4, -0.2) is 0 Å². The van der Waals surface area contributed by atoms with E-state index in [4.69, 9.17) is 13.3 Å². The highest BCUT2D eigenvalue weighted by Crippen LogP contribution is 2.53. The lowest BCUT2D eigenvalue weighted by molar-refractivity contribution is 0.629. The van der Waals surface area contributed by atoms with Crippen LogP contribution in [0.15, 0.2) is 292 Å². The molecule has 0 radical (unpaired) electrons. The summed E-state index contributed by atoms with van der Waals surface area (Å²) in [6.07, 6.45) is 0. The zero-order chi connectivity index (χ0) is 55.1. The third kappa shape index (κ3) is 7.88. The number of nitrogens with zero attached hydrogens (tertiary/aromatic N) is 2. The van der Waals surface area contributed by atoms with Gasteiger partial charge >= 0.3 is 0 Å². The predicted molar refractivity (Wildman–Crippen MR) is 337 cm³/mol. The van der Waals surface area contributed by atoms with Crippen LogP contribution in [0.3, 0.4) is 0 Å². The van der Waals surface area contributed by atoms with E-state index >= 15 is 8.78 Å². The van der Waals surface area contributed by atoms with Gasteiger partial charge in [0.05, 0.1) is 34.1 Å². The number of rotatable bonds is 10. The highest BCUT2D eigenvalue weighted by molar-refractivity contribution is 6.24. The van der Waals surface area contributed by atoms with E-state index in [2.05, 4.69) is 42.5 Å². The summed E-state index contributed by atoms with van der Waals surface area (Å²) in [6.45, 7) is 0. The van der Waals surface area contributed by atoms with Crippen LogP contribution in [0, 0.1) is 11.6 Å². The number of fused-ring (bicyclic) bond motifs is 11. The van der Waals surface area contributed by atoms with Gasteiger partial charge in [0.25, 0.3) is 0 Å². The number of para-hydroxylation sites is 4. The molecule has 3 aromatic heterocycles. The van der Waals surface area contributed by atoms with E-state index in [1.807, 2.05) is 234 Å². The number of anilines is 6. The molecule has 0 N–H and O–H groups in total. The molecule has 0 bridgehead atoms. The van der Waals surface area contributed by atoms with Crippen molar-refractivity contribution < 1.29 is 22.0 Å². The minimum absolute atomic E-state index is 0.344. The fourth-order valence-electron chi connectivity index (χ4n) is 12.4. The van der Waals surface area contributed by atoms with Gasteiger partial charge < -0.3 is 23.1 Å². The third-order valence-electron chi connectivity index (χ3n) is 16.1. The zero-order valence-corrected chi connectivity index (χ0v) is 44.4. The van der Waals surface area contributed by atoms with Crippen molar-refractivity contribution in [3.8, 4) is 44.5 Å². The van der Waals surface area contributed by atoms with Crippen LogP contribution in [0.5, 0.6) is 0 Å². The maximum Gasteiger partial charge on any atom is 0.159 e. The second-order valence-electron chi connectivity index (χ2n) is 20.9. The molecule has 0 aliphatic heterocycles. The van der Waals surface area contributed by atoms with Crippen LogP contribution in [0.25, 0.3) is 121 Å². The average molecular weight is 1070 g/mol. The molecular weight excluding hydrogens is 1030 g/mol. The lowest BCUT2D eigenvalue weighted by Crippen LogP contribution is -2.14. The van der Waals surface area contributed by atoms with E-state index in [-0.39, 0.29) is 0 Å². The Morgan fingerprint density at radius 3 is 1.22 bits per heavy atom. The van der Waals surface area contributed by atoms with E-state index in [1.165, 1.54) is 0 Å². The van der Waals surface area contributed by atoms with Gasteiger partial charge in [0, 0.05) is 61.0 Å². The van der Waals surface area contributed by atoms with Gasteiger partial charge in [0.15, 0.2) is 11.2 Å². The Morgan fingerprint density at radius 2 is 0.687 bits per heavy atom. The van der Waals surface area contributed by atoms with Gasteiger partial charge in [0.1, 0.15) is 34.0 Å². The van der Waals surface area contributed by atoms with Crippen LogP contribution < -0.4 is 9.80 Å². The largest absolute Gasteiger partial charge is 0.456 e. The Morgan fingerprint density at radius 1 is 0.253 bits per heavy atom. The van der Waals surface area contributed by atoms with Crippen LogP contribution in [0.2, 0.25) is 0 Å². The standard InChI is InChI=1S/C76H46F2N2O3/c77-63-43-51(47-21-5-1-6-22-47)41-61(49-25-9-3-10-26-49)73(63)79(65-35-19-33-58-55-30-15-17-37-68(55)82-75(58)65)53-39-40-60-70(45-53)81-71-46-67(54-29-13-14-32-57(54)72(60)71)80(66-36-20-34-59-56-31-16-18-38-69(56)83-76(59)66)74-62(50-27-11-4-12-28-50)42-52(44-64(74)78)48-23-7-2-8-24-48/h1-46H. The molecule has 83 heavy (non-hydrogen) atoms. The molecule has 0 saturated carbocycles. The summed E-state index contributed by atoms with van der Waals surface area (Å²) in [6, 6.07) is 91.5. The first-order valence-electron chi connectivity index (χ1n) is 27.7. The van der Waals surface area contributed by atoms with Gasteiger partial charge in [-0.15, -0.1) is 0 Å². The highest BCUT2D eigenvalue weighted by atomic mass is 19.1. The summed E-state index contributed by atoms with van der Waals surface area (Å²) in [5.74, 6) is -0.840. The van der Waals surface area contributed by atoms with Gasteiger partial charge in [-0.25, -0.2) is 8.78 Å². The van der Waals surface area contributed by atoms with Crippen molar-refractivity contribution in [2.45, 2.75) is 0 Å². The molecule has 13 aromatic carbocycles. The van der Waals surface area contributed by atoms with Crippen LogP contribution in [-0.2, 0) is 0 Å². The van der Waals surface area contributed by atoms with E-state index in [0.29, 0.717) is 67.6 Å². The molecule has 16 aromatic rings. The van der Waals surface area contributed by atoms with E-state index in [1.54, 1.807) is 12.1 Å². The van der Waals surface area contributed by atoms with Crippen LogP contribution >= 0.6 is 0 Å². The maximum atomic E-state index is 18.3. The lowest BCUT2D eigenvalue weighted by Gasteiger charge is -2.30.